The minimum atomic E-state index is -0.134. The van der Waals surface area contributed by atoms with E-state index in [0.29, 0.717) is 0 Å². The molecule has 0 spiro atoms. The van der Waals surface area contributed by atoms with Gasteiger partial charge in [0.2, 0.25) is 0 Å². The summed E-state index contributed by atoms with van der Waals surface area (Å²) < 4.78 is 5.49. The topological polar surface area (TPSA) is 29.5 Å². The van der Waals surface area contributed by atoms with E-state index in [1.54, 1.807) is 0 Å². The molecule has 0 aliphatic carbocycles. The second kappa shape index (κ2) is 5.85. The largest absolute Gasteiger partial charge is 0.368 e. The average molecular weight is 239 g/mol. The van der Waals surface area contributed by atoms with Crippen molar-refractivity contribution in [1.29, 1.82) is 0 Å². The second-order valence-electron chi connectivity index (χ2n) is 5.76. The number of carbonyl (C=O) groups excluding carboxylic acids is 1. The fourth-order valence-electron chi connectivity index (χ4n) is 2.99. The third-order valence-corrected chi connectivity index (χ3v) is 4.23. The zero-order valence-corrected chi connectivity index (χ0v) is 11.2. The van der Waals surface area contributed by atoms with Gasteiger partial charge in [0.15, 0.2) is 0 Å². The molecule has 2 rings (SSSR count). The van der Waals surface area contributed by atoms with E-state index in [2.05, 4.69) is 13.8 Å². The average Bonchev–Trinajstić information content (AvgIpc) is 2.71. The number of nitrogens with zero attached hydrogens (tertiary/aromatic N) is 1. The number of likely N-dealkylation sites (tertiary alicyclic amines) is 1. The predicted molar refractivity (Wildman–Crippen MR) is 67.7 cm³/mol. The molecule has 0 aromatic heterocycles. The quantitative estimate of drug-likeness (QED) is 0.741. The first-order valence-corrected chi connectivity index (χ1v) is 7.09. The maximum absolute atomic E-state index is 12.2. The van der Waals surface area contributed by atoms with Crippen molar-refractivity contribution in [2.24, 2.45) is 11.8 Å². The minimum absolute atomic E-state index is 0.134. The van der Waals surface area contributed by atoms with Gasteiger partial charge in [-0.15, -0.1) is 0 Å². The van der Waals surface area contributed by atoms with Gasteiger partial charge in [-0.2, -0.15) is 0 Å². The van der Waals surface area contributed by atoms with Crippen LogP contribution in [0, 0.1) is 11.8 Å². The van der Waals surface area contributed by atoms with Crippen LogP contribution in [0.2, 0.25) is 0 Å². The van der Waals surface area contributed by atoms with Gasteiger partial charge in [-0.25, -0.2) is 0 Å². The molecular weight excluding hydrogens is 214 g/mol. The lowest BCUT2D eigenvalue weighted by molar-refractivity contribution is -0.140. The third kappa shape index (κ3) is 3.21. The van der Waals surface area contributed by atoms with Gasteiger partial charge >= 0.3 is 0 Å². The van der Waals surface area contributed by atoms with E-state index in [1.807, 2.05) is 4.90 Å². The number of carbonyl (C=O) groups is 1. The van der Waals surface area contributed by atoms with Gasteiger partial charge in [-0.05, 0) is 43.9 Å². The molecule has 2 aliphatic heterocycles. The summed E-state index contributed by atoms with van der Waals surface area (Å²) in [7, 11) is 0. The van der Waals surface area contributed by atoms with Crippen LogP contribution < -0.4 is 0 Å². The molecule has 2 fully saturated rings. The molecule has 0 aromatic carbocycles. The van der Waals surface area contributed by atoms with Gasteiger partial charge < -0.3 is 9.64 Å². The van der Waals surface area contributed by atoms with Crippen LogP contribution in [0.1, 0.15) is 46.0 Å². The van der Waals surface area contributed by atoms with E-state index >= 15 is 0 Å². The summed E-state index contributed by atoms with van der Waals surface area (Å²) in [4.78, 5) is 14.3. The summed E-state index contributed by atoms with van der Waals surface area (Å²) in [5.41, 5.74) is 0. The van der Waals surface area contributed by atoms with E-state index in [9.17, 15) is 4.79 Å². The highest BCUT2D eigenvalue weighted by Crippen LogP contribution is 2.25. The Kier molecular flexibility index (Phi) is 4.43. The Bertz CT molecular complexity index is 259. The summed E-state index contributed by atoms with van der Waals surface area (Å²) in [6.45, 7) is 7.22. The van der Waals surface area contributed by atoms with Crippen LogP contribution >= 0.6 is 0 Å². The molecule has 0 unspecified atom stereocenters. The first-order chi connectivity index (χ1) is 8.18. The van der Waals surface area contributed by atoms with Gasteiger partial charge in [-0.3, -0.25) is 4.79 Å². The Morgan fingerprint density at radius 2 is 2.00 bits per heavy atom. The van der Waals surface area contributed by atoms with Crippen molar-refractivity contribution in [2.45, 2.75) is 52.1 Å². The first-order valence-electron chi connectivity index (χ1n) is 7.09. The lowest BCUT2D eigenvalue weighted by Gasteiger charge is -2.24. The standard InChI is InChI=1S/C14H25NO2/c1-11(2)12-5-3-8-15(9-7-12)14(16)13-6-4-10-17-13/h11-13H,3-10H2,1-2H3/t12-,13+/m1/s1. The molecule has 0 bridgehead atoms. The van der Waals surface area contributed by atoms with Crippen LogP contribution in [0.5, 0.6) is 0 Å². The fraction of sp³-hybridized carbons (Fsp3) is 0.929. The summed E-state index contributed by atoms with van der Waals surface area (Å²) in [6.07, 6.45) is 5.41. The summed E-state index contributed by atoms with van der Waals surface area (Å²) >= 11 is 0. The minimum Gasteiger partial charge on any atom is -0.368 e. The van der Waals surface area contributed by atoms with Crippen molar-refractivity contribution in [2.75, 3.05) is 19.7 Å². The molecule has 0 saturated carbocycles. The molecule has 3 nitrogen and oxygen atoms in total. The van der Waals surface area contributed by atoms with E-state index in [1.165, 1.54) is 6.42 Å². The van der Waals surface area contributed by atoms with Crippen LogP contribution in [0.4, 0.5) is 0 Å². The highest BCUT2D eigenvalue weighted by molar-refractivity contribution is 5.81. The molecule has 2 heterocycles. The van der Waals surface area contributed by atoms with Crippen LogP contribution in [0.3, 0.4) is 0 Å². The van der Waals surface area contributed by atoms with Gasteiger partial charge in [0.1, 0.15) is 6.10 Å². The second-order valence-corrected chi connectivity index (χ2v) is 5.76. The molecule has 2 saturated heterocycles. The van der Waals surface area contributed by atoms with Gasteiger partial charge in [0, 0.05) is 19.7 Å². The Balaban J connectivity index is 1.87. The van der Waals surface area contributed by atoms with Crippen LogP contribution in [0.15, 0.2) is 0 Å². The van der Waals surface area contributed by atoms with Crippen LogP contribution in [-0.4, -0.2) is 36.6 Å². The molecule has 17 heavy (non-hydrogen) atoms. The smallest absolute Gasteiger partial charge is 0.251 e. The van der Waals surface area contributed by atoms with Crippen molar-refractivity contribution in [3.63, 3.8) is 0 Å². The van der Waals surface area contributed by atoms with Crippen molar-refractivity contribution < 1.29 is 9.53 Å². The molecule has 0 aromatic rings. The summed E-state index contributed by atoms with van der Waals surface area (Å²) in [6, 6.07) is 0. The highest BCUT2D eigenvalue weighted by Gasteiger charge is 2.30. The molecule has 1 amide bonds. The zero-order valence-electron chi connectivity index (χ0n) is 11.2. The molecule has 0 radical (unpaired) electrons. The Morgan fingerprint density at radius 3 is 2.65 bits per heavy atom. The normalized spacial score (nSPS) is 30.6. The first kappa shape index (κ1) is 12.9. The predicted octanol–water partition coefficient (Wildman–Crippen LogP) is 2.45. The summed E-state index contributed by atoms with van der Waals surface area (Å²) in [5, 5.41) is 0. The van der Waals surface area contributed by atoms with Gasteiger partial charge in [0.05, 0.1) is 0 Å². The maximum atomic E-state index is 12.2. The molecule has 2 aliphatic rings. The highest BCUT2D eigenvalue weighted by atomic mass is 16.5. The summed E-state index contributed by atoms with van der Waals surface area (Å²) in [5.74, 6) is 1.77. The van der Waals surface area contributed by atoms with Crippen LogP contribution in [-0.2, 0) is 9.53 Å². The molecular formula is C14H25NO2. The van der Waals surface area contributed by atoms with Crippen LogP contribution in [0.25, 0.3) is 0 Å². The SMILES string of the molecule is CC(C)[C@@H]1CCCN(C(=O)[C@@H]2CCCO2)CC1. The Morgan fingerprint density at radius 1 is 1.18 bits per heavy atom. The maximum Gasteiger partial charge on any atom is 0.251 e. The van der Waals surface area contributed by atoms with Crippen molar-refractivity contribution in [3.05, 3.63) is 0 Å². The lowest BCUT2D eigenvalue weighted by atomic mass is 9.89. The van der Waals surface area contributed by atoms with E-state index < -0.39 is 0 Å². The van der Waals surface area contributed by atoms with Crippen molar-refractivity contribution in [3.8, 4) is 0 Å². The van der Waals surface area contributed by atoms with Gasteiger partial charge in [0.25, 0.3) is 5.91 Å². The third-order valence-electron chi connectivity index (χ3n) is 4.23. The Labute approximate surface area is 105 Å². The van der Waals surface area contributed by atoms with E-state index in [0.717, 1.165) is 57.2 Å². The number of amides is 1. The Hall–Kier alpha value is -0.570. The zero-order chi connectivity index (χ0) is 12.3. The van der Waals surface area contributed by atoms with E-state index in [-0.39, 0.29) is 12.0 Å². The molecule has 0 N–H and O–H groups in total. The van der Waals surface area contributed by atoms with E-state index in [4.69, 9.17) is 4.74 Å². The molecule has 98 valence electrons. The van der Waals surface area contributed by atoms with Crippen molar-refractivity contribution >= 4 is 5.91 Å². The number of hydrogen-bond donors (Lipinski definition) is 0. The monoisotopic (exact) mass is 239 g/mol. The fourth-order valence-corrected chi connectivity index (χ4v) is 2.99. The number of hydrogen-bond acceptors (Lipinski definition) is 2. The molecule has 2 atom stereocenters. The lowest BCUT2D eigenvalue weighted by Crippen LogP contribution is -2.39. The molecule has 3 heteroatoms. The number of rotatable bonds is 2. The number of ether oxygens (including phenoxy) is 1. The van der Waals surface area contributed by atoms with Crippen molar-refractivity contribution in [1.82, 2.24) is 4.90 Å². The van der Waals surface area contributed by atoms with Gasteiger partial charge in [-0.1, -0.05) is 13.8 Å².